The number of fused-ring (bicyclic) bond motifs is 1. The number of nitrogens with one attached hydrogen (secondary N) is 1. The first-order valence-corrected chi connectivity index (χ1v) is 9.83. The van der Waals surface area contributed by atoms with E-state index in [-0.39, 0.29) is 17.9 Å². The van der Waals surface area contributed by atoms with E-state index in [0.29, 0.717) is 44.3 Å². The molecule has 3 aliphatic rings. The van der Waals surface area contributed by atoms with E-state index >= 15 is 0 Å². The number of hydrogen-bond donors (Lipinski definition) is 1. The zero-order valence-electron chi connectivity index (χ0n) is 15.2. The quantitative estimate of drug-likeness (QED) is 0.834. The Morgan fingerprint density at radius 2 is 1.96 bits per heavy atom. The van der Waals surface area contributed by atoms with Gasteiger partial charge in [0.2, 0.25) is 11.8 Å². The Hall–Kier alpha value is -1.89. The van der Waals surface area contributed by atoms with Crippen molar-refractivity contribution in [3.05, 3.63) is 18.0 Å². The number of amides is 2. The fourth-order valence-electron chi connectivity index (χ4n) is 3.92. The van der Waals surface area contributed by atoms with Crippen LogP contribution in [0.2, 0.25) is 0 Å². The highest BCUT2D eigenvalue weighted by atomic mass is 16.5. The molecule has 0 spiro atoms. The lowest BCUT2D eigenvalue weighted by Gasteiger charge is -2.34. The summed E-state index contributed by atoms with van der Waals surface area (Å²) in [6.45, 7) is 3.47. The molecule has 2 fully saturated rings. The largest absolute Gasteiger partial charge is 0.381 e. The molecule has 7 nitrogen and oxygen atoms in total. The maximum absolute atomic E-state index is 12.5. The van der Waals surface area contributed by atoms with Gasteiger partial charge in [0.05, 0.1) is 24.7 Å². The lowest BCUT2D eigenvalue weighted by molar-refractivity contribution is -0.134. The van der Waals surface area contributed by atoms with Crippen LogP contribution >= 0.6 is 0 Å². The number of nitrogens with zero attached hydrogens (tertiary/aromatic N) is 3. The lowest BCUT2D eigenvalue weighted by Crippen LogP contribution is -2.43. The molecule has 1 saturated heterocycles. The third kappa shape index (κ3) is 4.26. The average Bonchev–Trinajstić information content (AvgIpc) is 3.33. The van der Waals surface area contributed by atoms with Crippen molar-refractivity contribution < 1.29 is 14.3 Å². The van der Waals surface area contributed by atoms with Crippen molar-refractivity contribution in [1.82, 2.24) is 20.0 Å². The summed E-state index contributed by atoms with van der Waals surface area (Å²) in [5.41, 5.74) is 1.02. The highest BCUT2D eigenvalue weighted by Crippen LogP contribution is 2.34. The van der Waals surface area contributed by atoms with Crippen LogP contribution in [0.25, 0.3) is 0 Å². The minimum Gasteiger partial charge on any atom is -0.381 e. The van der Waals surface area contributed by atoms with Gasteiger partial charge in [-0.3, -0.25) is 14.3 Å². The van der Waals surface area contributed by atoms with E-state index in [2.05, 4.69) is 10.4 Å². The molecule has 1 atom stereocenters. The standard InChI is InChI=1S/C19H28N4O3/c24-18(20-11-15-4-7-26-8-5-15)10-17-13-22(19(25)9-14-1-2-14)12-16-3-6-21-23(16)17/h3,6,14-15,17H,1-2,4-5,7-13H2,(H,20,24)/t17-/m0/s1. The zero-order chi connectivity index (χ0) is 17.9. The minimum absolute atomic E-state index is 0.0411. The highest BCUT2D eigenvalue weighted by Gasteiger charge is 2.33. The normalized spacial score (nSPS) is 23.5. The van der Waals surface area contributed by atoms with Crippen LogP contribution in [0.1, 0.15) is 50.3 Å². The summed E-state index contributed by atoms with van der Waals surface area (Å²) in [5, 5.41) is 7.46. The Bertz CT molecular complexity index is 649. The molecule has 26 heavy (non-hydrogen) atoms. The van der Waals surface area contributed by atoms with Crippen molar-refractivity contribution in [2.24, 2.45) is 11.8 Å². The summed E-state index contributed by atoms with van der Waals surface area (Å²) in [4.78, 5) is 26.9. The number of rotatable bonds is 6. The first-order valence-electron chi connectivity index (χ1n) is 9.83. The van der Waals surface area contributed by atoms with E-state index < -0.39 is 0 Å². The van der Waals surface area contributed by atoms with Gasteiger partial charge in [-0.1, -0.05) is 0 Å². The van der Waals surface area contributed by atoms with Gasteiger partial charge in [-0.2, -0.15) is 5.10 Å². The molecule has 2 amide bonds. The van der Waals surface area contributed by atoms with E-state index in [1.54, 1.807) is 6.20 Å². The van der Waals surface area contributed by atoms with Crippen molar-refractivity contribution in [2.75, 3.05) is 26.3 Å². The monoisotopic (exact) mass is 360 g/mol. The summed E-state index contributed by atoms with van der Waals surface area (Å²) in [6.07, 6.45) is 7.15. The third-order valence-electron chi connectivity index (χ3n) is 5.74. The fraction of sp³-hybridized carbons (Fsp3) is 0.737. The molecule has 0 unspecified atom stereocenters. The number of carbonyl (C=O) groups is 2. The van der Waals surface area contributed by atoms with Gasteiger partial charge in [0, 0.05) is 38.9 Å². The van der Waals surface area contributed by atoms with Crippen LogP contribution in [-0.4, -0.2) is 52.8 Å². The van der Waals surface area contributed by atoms with Crippen LogP contribution in [-0.2, 0) is 20.9 Å². The Morgan fingerprint density at radius 3 is 2.73 bits per heavy atom. The number of hydrogen-bond acceptors (Lipinski definition) is 4. The predicted molar refractivity (Wildman–Crippen MR) is 95.2 cm³/mol. The van der Waals surface area contributed by atoms with Crippen LogP contribution < -0.4 is 5.32 Å². The molecule has 7 heteroatoms. The van der Waals surface area contributed by atoms with Crippen LogP contribution in [0.3, 0.4) is 0 Å². The summed E-state index contributed by atoms with van der Waals surface area (Å²) < 4.78 is 7.29. The molecule has 1 aromatic heterocycles. The number of carbonyl (C=O) groups excluding carboxylic acids is 2. The molecule has 142 valence electrons. The van der Waals surface area contributed by atoms with Gasteiger partial charge >= 0.3 is 0 Å². The molecule has 0 aromatic carbocycles. The van der Waals surface area contributed by atoms with E-state index in [1.165, 1.54) is 12.8 Å². The summed E-state index contributed by atoms with van der Waals surface area (Å²) >= 11 is 0. The molecule has 1 N–H and O–H groups in total. The maximum atomic E-state index is 12.5. The Kier molecular flexibility index (Phi) is 5.24. The molecule has 1 aliphatic carbocycles. The molecule has 0 radical (unpaired) electrons. The molecule has 1 saturated carbocycles. The fourth-order valence-corrected chi connectivity index (χ4v) is 3.92. The van der Waals surface area contributed by atoms with Crippen molar-refractivity contribution in [3.8, 4) is 0 Å². The van der Waals surface area contributed by atoms with E-state index in [9.17, 15) is 9.59 Å². The van der Waals surface area contributed by atoms with Gasteiger partial charge in [0.1, 0.15) is 0 Å². The van der Waals surface area contributed by atoms with Crippen molar-refractivity contribution >= 4 is 11.8 Å². The van der Waals surface area contributed by atoms with E-state index in [4.69, 9.17) is 4.74 Å². The average molecular weight is 360 g/mol. The maximum Gasteiger partial charge on any atom is 0.223 e. The van der Waals surface area contributed by atoms with Gasteiger partial charge in [-0.05, 0) is 43.6 Å². The summed E-state index contributed by atoms with van der Waals surface area (Å²) in [7, 11) is 0. The summed E-state index contributed by atoms with van der Waals surface area (Å²) in [5.74, 6) is 1.35. The minimum atomic E-state index is -0.0772. The molecule has 0 bridgehead atoms. The van der Waals surface area contributed by atoms with Gasteiger partial charge < -0.3 is 15.0 Å². The highest BCUT2D eigenvalue weighted by molar-refractivity contribution is 5.78. The van der Waals surface area contributed by atoms with Gasteiger partial charge in [0.15, 0.2) is 0 Å². The predicted octanol–water partition coefficient (Wildman–Crippen LogP) is 1.50. The lowest BCUT2D eigenvalue weighted by atomic mass is 10.0. The Balaban J connectivity index is 1.33. The van der Waals surface area contributed by atoms with Gasteiger partial charge in [0.25, 0.3) is 0 Å². The second-order valence-electron chi connectivity index (χ2n) is 7.91. The van der Waals surface area contributed by atoms with Crippen molar-refractivity contribution in [3.63, 3.8) is 0 Å². The molecule has 2 aliphatic heterocycles. The van der Waals surface area contributed by atoms with Crippen molar-refractivity contribution in [2.45, 2.75) is 51.1 Å². The van der Waals surface area contributed by atoms with Crippen LogP contribution in [0.4, 0.5) is 0 Å². The topological polar surface area (TPSA) is 76.5 Å². The molecule has 3 heterocycles. The Labute approximate surface area is 154 Å². The molecule has 4 rings (SSSR count). The molecule has 1 aromatic rings. The second kappa shape index (κ2) is 7.78. The number of ether oxygens (including phenoxy) is 1. The smallest absolute Gasteiger partial charge is 0.223 e. The van der Waals surface area contributed by atoms with E-state index in [0.717, 1.165) is 31.7 Å². The van der Waals surface area contributed by atoms with Crippen LogP contribution in [0.15, 0.2) is 12.3 Å². The first-order chi connectivity index (χ1) is 12.7. The number of aromatic nitrogens is 2. The van der Waals surface area contributed by atoms with Gasteiger partial charge in [-0.15, -0.1) is 0 Å². The third-order valence-corrected chi connectivity index (χ3v) is 5.74. The van der Waals surface area contributed by atoms with Crippen LogP contribution in [0, 0.1) is 11.8 Å². The van der Waals surface area contributed by atoms with Crippen molar-refractivity contribution in [1.29, 1.82) is 0 Å². The first kappa shape index (κ1) is 17.5. The molecular formula is C19H28N4O3. The van der Waals surface area contributed by atoms with Gasteiger partial charge in [-0.25, -0.2) is 0 Å². The van der Waals surface area contributed by atoms with Crippen LogP contribution in [0.5, 0.6) is 0 Å². The van der Waals surface area contributed by atoms with E-state index in [1.807, 2.05) is 15.6 Å². The second-order valence-corrected chi connectivity index (χ2v) is 7.91. The SMILES string of the molecule is O=C(C[C@H]1CN(C(=O)CC2CC2)Cc2ccnn21)NCC1CCOCC1. The Morgan fingerprint density at radius 1 is 1.15 bits per heavy atom. The summed E-state index contributed by atoms with van der Waals surface area (Å²) in [6, 6.07) is 1.87. The molecular weight excluding hydrogens is 332 g/mol. The zero-order valence-corrected chi connectivity index (χ0v) is 15.2.